The van der Waals surface area contributed by atoms with Gasteiger partial charge in [-0.3, -0.25) is 9.59 Å². The quantitative estimate of drug-likeness (QED) is 0.755. The van der Waals surface area contributed by atoms with Crippen LogP contribution in [0.15, 0.2) is 23.3 Å². The summed E-state index contributed by atoms with van der Waals surface area (Å²) in [5, 5.41) is 9.41. The number of Topliss-reactive ketones (excluding diaryl/α,β-unsaturated/α-hetero) is 1. The Kier molecular flexibility index (Phi) is 3.40. The minimum absolute atomic E-state index is 0.0194. The molecule has 2 unspecified atom stereocenters. The van der Waals surface area contributed by atoms with Crippen LogP contribution in [-0.2, 0) is 14.3 Å². The second-order valence-electron chi connectivity index (χ2n) is 9.77. The number of carbonyl (C=O) groups excluding carboxylic acids is 2. The lowest BCUT2D eigenvalue weighted by molar-refractivity contribution is -0.131. The highest BCUT2D eigenvalue weighted by atomic mass is 19.1. The summed E-state index contributed by atoms with van der Waals surface area (Å²) in [5.41, 5.74) is -0.0639. The molecule has 1 spiro atoms. The summed E-state index contributed by atoms with van der Waals surface area (Å²) in [6.45, 7) is 5.54. The fourth-order valence-corrected chi connectivity index (χ4v) is 7.55. The lowest BCUT2D eigenvalue weighted by atomic mass is 9.46. The highest BCUT2D eigenvalue weighted by Gasteiger charge is 2.80. The van der Waals surface area contributed by atoms with Crippen LogP contribution >= 0.6 is 0 Å². The molecule has 4 fully saturated rings. The van der Waals surface area contributed by atoms with Crippen LogP contribution in [0.4, 0.5) is 4.39 Å². The predicted molar refractivity (Wildman–Crippen MR) is 96.6 cm³/mol. The Morgan fingerprint density at radius 1 is 1.33 bits per heavy atom. The van der Waals surface area contributed by atoms with E-state index in [0.717, 1.165) is 19.3 Å². The first-order valence-corrected chi connectivity index (χ1v) is 10.1. The standard InChI is InChI=1S/C22H27FO4/c1-11-8-21(3)15(7-17(11)25)16(23)6-14-12-4-5-13(18(26)10-24)20(12,2)9-19-22(14,21)27-19/h7-8,12-14,16,19,24H,4-6,9-10H2,1-3H3/t12-,13+,14-,16?,19?,20-,21-,22-/m0/s1. The van der Waals surface area contributed by atoms with Gasteiger partial charge in [-0.2, -0.15) is 0 Å². The van der Waals surface area contributed by atoms with Crippen molar-refractivity contribution in [2.45, 2.75) is 64.3 Å². The van der Waals surface area contributed by atoms with Gasteiger partial charge in [-0.25, -0.2) is 4.39 Å². The molecule has 0 radical (unpaired) electrons. The van der Waals surface area contributed by atoms with Gasteiger partial charge >= 0.3 is 0 Å². The first kappa shape index (κ1) is 17.7. The minimum Gasteiger partial charge on any atom is -0.389 e. The van der Waals surface area contributed by atoms with Crippen LogP contribution < -0.4 is 0 Å². The Labute approximate surface area is 158 Å². The van der Waals surface area contributed by atoms with Gasteiger partial charge in [0.25, 0.3) is 0 Å². The Bertz CT molecular complexity index is 815. The van der Waals surface area contributed by atoms with E-state index in [9.17, 15) is 14.7 Å². The number of aliphatic hydroxyl groups is 1. The number of ether oxygens (including phenoxy) is 1. The Balaban J connectivity index is 1.60. The van der Waals surface area contributed by atoms with Crippen LogP contribution in [0.1, 0.15) is 46.5 Å². The van der Waals surface area contributed by atoms with E-state index in [1.165, 1.54) is 6.08 Å². The molecule has 0 aromatic heterocycles. The summed E-state index contributed by atoms with van der Waals surface area (Å²) in [4.78, 5) is 24.6. The molecule has 1 aliphatic heterocycles. The van der Waals surface area contributed by atoms with Crippen molar-refractivity contribution in [3.8, 4) is 0 Å². The number of fused-ring (bicyclic) bond motifs is 3. The maximum absolute atomic E-state index is 15.3. The average molecular weight is 374 g/mol. The van der Waals surface area contributed by atoms with Gasteiger partial charge in [0, 0.05) is 11.3 Å². The molecule has 0 aromatic rings. The molecule has 0 aromatic carbocycles. The molecule has 5 rings (SSSR count). The monoisotopic (exact) mass is 374 g/mol. The zero-order valence-corrected chi connectivity index (χ0v) is 16.1. The van der Waals surface area contributed by atoms with E-state index in [2.05, 4.69) is 6.92 Å². The number of hydrogen-bond donors (Lipinski definition) is 1. The van der Waals surface area contributed by atoms with Crippen molar-refractivity contribution in [1.82, 2.24) is 0 Å². The third-order valence-electron chi connectivity index (χ3n) is 8.76. The van der Waals surface area contributed by atoms with Crippen molar-refractivity contribution in [3.63, 3.8) is 0 Å². The van der Waals surface area contributed by atoms with Crippen molar-refractivity contribution in [3.05, 3.63) is 23.3 Å². The number of aliphatic hydroxyl groups excluding tert-OH is 1. The van der Waals surface area contributed by atoms with Gasteiger partial charge in [0.2, 0.25) is 0 Å². The lowest BCUT2D eigenvalue weighted by Gasteiger charge is -2.55. The highest BCUT2D eigenvalue weighted by Crippen LogP contribution is 2.75. The smallest absolute Gasteiger partial charge is 0.181 e. The maximum atomic E-state index is 15.3. The van der Waals surface area contributed by atoms with Gasteiger partial charge < -0.3 is 9.84 Å². The summed E-state index contributed by atoms with van der Waals surface area (Å²) in [5.74, 6) is -0.117. The van der Waals surface area contributed by atoms with E-state index in [4.69, 9.17) is 4.74 Å². The van der Waals surface area contributed by atoms with Crippen molar-refractivity contribution >= 4 is 11.6 Å². The Morgan fingerprint density at radius 2 is 2.07 bits per heavy atom. The first-order valence-electron chi connectivity index (χ1n) is 10.1. The third-order valence-corrected chi connectivity index (χ3v) is 8.76. The summed E-state index contributed by atoms with van der Waals surface area (Å²) >= 11 is 0. The zero-order chi connectivity index (χ0) is 19.4. The van der Waals surface area contributed by atoms with Gasteiger partial charge in [0.15, 0.2) is 11.6 Å². The van der Waals surface area contributed by atoms with Crippen LogP contribution in [-0.4, -0.2) is 41.2 Å². The largest absolute Gasteiger partial charge is 0.389 e. The molecule has 146 valence electrons. The number of halogens is 1. The molecule has 1 N–H and O–H groups in total. The van der Waals surface area contributed by atoms with Crippen LogP contribution in [0.3, 0.4) is 0 Å². The molecule has 27 heavy (non-hydrogen) atoms. The number of hydrogen-bond acceptors (Lipinski definition) is 4. The molecule has 0 amide bonds. The average Bonchev–Trinajstić information content (AvgIpc) is 3.23. The molecule has 5 aliphatic rings. The number of alkyl halides is 1. The molecule has 1 heterocycles. The van der Waals surface area contributed by atoms with Gasteiger partial charge in [0.1, 0.15) is 18.4 Å². The normalized spacial score (nSPS) is 52.8. The van der Waals surface area contributed by atoms with Crippen molar-refractivity contribution in [2.24, 2.45) is 28.6 Å². The number of rotatable bonds is 2. The number of ketones is 2. The highest BCUT2D eigenvalue weighted by molar-refractivity contribution is 6.05. The summed E-state index contributed by atoms with van der Waals surface area (Å²) in [7, 11) is 0. The fourth-order valence-electron chi connectivity index (χ4n) is 7.55. The van der Waals surface area contributed by atoms with E-state index < -0.39 is 23.8 Å². The fraction of sp³-hybridized carbons (Fsp3) is 0.727. The molecule has 1 saturated heterocycles. The van der Waals surface area contributed by atoms with Gasteiger partial charge in [0.05, 0.1) is 6.10 Å². The first-order chi connectivity index (χ1) is 12.7. The summed E-state index contributed by atoms with van der Waals surface area (Å²) < 4.78 is 21.7. The van der Waals surface area contributed by atoms with E-state index in [1.807, 2.05) is 13.0 Å². The maximum Gasteiger partial charge on any atom is 0.181 e. The Hall–Kier alpha value is -1.33. The second kappa shape index (κ2) is 5.18. The van der Waals surface area contributed by atoms with E-state index in [1.54, 1.807) is 6.92 Å². The van der Waals surface area contributed by atoms with Crippen molar-refractivity contribution < 1.29 is 23.8 Å². The topological polar surface area (TPSA) is 66.9 Å². The molecule has 4 nitrogen and oxygen atoms in total. The number of epoxide rings is 1. The molecular weight excluding hydrogens is 347 g/mol. The van der Waals surface area contributed by atoms with Crippen LogP contribution in [0.2, 0.25) is 0 Å². The molecular formula is C22H27FO4. The molecule has 8 atom stereocenters. The lowest BCUT2D eigenvalue weighted by Crippen LogP contribution is -2.59. The molecule has 0 bridgehead atoms. The van der Waals surface area contributed by atoms with E-state index in [-0.39, 0.29) is 40.8 Å². The summed E-state index contributed by atoms with van der Waals surface area (Å²) in [6, 6.07) is 0. The van der Waals surface area contributed by atoms with E-state index in [0.29, 0.717) is 17.6 Å². The van der Waals surface area contributed by atoms with Crippen LogP contribution in [0, 0.1) is 28.6 Å². The van der Waals surface area contributed by atoms with Crippen molar-refractivity contribution in [1.29, 1.82) is 0 Å². The molecule has 4 aliphatic carbocycles. The van der Waals surface area contributed by atoms with Crippen molar-refractivity contribution in [2.75, 3.05) is 6.61 Å². The number of allylic oxidation sites excluding steroid dienone is 2. The SMILES string of the molecule is CC1=C[C@@]2(C)C(=CC1=O)C(F)C[C@H]1[C@@H]3CC[C@H](C(=O)CO)[C@@]3(C)CC3O[C@]312. The number of carbonyl (C=O) groups is 2. The minimum atomic E-state index is -1.15. The predicted octanol–water partition coefficient (Wildman–Crippen LogP) is 2.94. The zero-order valence-electron chi connectivity index (χ0n) is 16.1. The van der Waals surface area contributed by atoms with Gasteiger partial charge in [-0.1, -0.05) is 13.0 Å². The molecule has 3 saturated carbocycles. The van der Waals surface area contributed by atoms with Crippen LogP contribution in [0.25, 0.3) is 0 Å². The summed E-state index contributed by atoms with van der Waals surface area (Å²) in [6.07, 6.45) is 5.04. The van der Waals surface area contributed by atoms with Gasteiger partial charge in [-0.15, -0.1) is 0 Å². The second-order valence-corrected chi connectivity index (χ2v) is 9.77. The molecule has 5 heteroatoms. The van der Waals surface area contributed by atoms with Gasteiger partial charge in [-0.05, 0) is 74.0 Å². The Morgan fingerprint density at radius 3 is 2.78 bits per heavy atom. The third kappa shape index (κ3) is 1.90. The van der Waals surface area contributed by atoms with Crippen LogP contribution in [0.5, 0.6) is 0 Å². The van der Waals surface area contributed by atoms with E-state index >= 15 is 4.39 Å².